The molecule has 1 aliphatic rings. The summed E-state index contributed by atoms with van der Waals surface area (Å²) in [6.07, 6.45) is 2.53. The molecule has 1 aromatic heterocycles. The molecule has 116 valence electrons. The Kier molecular flexibility index (Phi) is 5.14. The fourth-order valence-corrected chi connectivity index (χ4v) is 2.77. The number of piperazine rings is 1. The van der Waals surface area contributed by atoms with Gasteiger partial charge in [-0.05, 0) is 13.3 Å². The minimum Gasteiger partial charge on any atom is -0.364 e. The SMILES string of the molecule is CCC(CN)N1CCN(C(=O)c2c[nH]c(C)cc2=O)CC1. The fraction of sp³-hybridized carbons (Fsp3) is 0.600. The molecular weight excluding hydrogens is 268 g/mol. The summed E-state index contributed by atoms with van der Waals surface area (Å²) in [5.41, 5.74) is 6.53. The zero-order chi connectivity index (χ0) is 15.4. The van der Waals surface area contributed by atoms with Crippen LogP contribution in [0.2, 0.25) is 0 Å². The lowest BCUT2D eigenvalue weighted by Crippen LogP contribution is -2.53. The minimum absolute atomic E-state index is 0.184. The summed E-state index contributed by atoms with van der Waals surface area (Å²) in [5, 5.41) is 0. The molecule has 0 spiro atoms. The Hall–Kier alpha value is -1.66. The highest BCUT2D eigenvalue weighted by atomic mass is 16.2. The molecule has 1 aromatic rings. The van der Waals surface area contributed by atoms with Crippen molar-refractivity contribution in [3.8, 4) is 0 Å². The Morgan fingerprint density at radius 3 is 2.57 bits per heavy atom. The highest BCUT2D eigenvalue weighted by Crippen LogP contribution is 2.10. The van der Waals surface area contributed by atoms with Crippen LogP contribution in [0.25, 0.3) is 0 Å². The number of rotatable bonds is 4. The van der Waals surface area contributed by atoms with E-state index in [4.69, 9.17) is 5.73 Å². The first-order valence-electron chi connectivity index (χ1n) is 7.49. The molecule has 1 amide bonds. The lowest BCUT2D eigenvalue weighted by molar-refractivity contribution is 0.0570. The highest BCUT2D eigenvalue weighted by molar-refractivity contribution is 5.93. The van der Waals surface area contributed by atoms with E-state index in [-0.39, 0.29) is 16.9 Å². The van der Waals surface area contributed by atoms with Crippen molar-refractivity contribution in [3.63, 3.8) is 0 Å². The van der Waals surface area contributed by atoms with Crippen molar-refractivity contribution in [1.29, 1.82) is 0 Å². The average Bonchev–Trinajstić information content (AvgIpc) is 2.48. The number of aryl methyl sites for hydroxylation is 1. The van der Waals surface area contributed by atoms with Crippen LogP contribution in [0.3, 0.4) is 0 Å². The van der Waals surface area contributed by atoms with Crippen LogP contribution in [0.15, 0.2) is 17.1 Å². The predicted octanol–water partition coefficient (Wildman–Crippen LogP) is 0.178. The number of hydrogen-bond acceptors (Lipinski definition) is 4. The Balaban J connectivity index is 2.02. The molecular formula is C15H24N4O2. The number of carbonyl (C=O) groups is 1. The molecule has 0 radical (unpaired) electrons. The maximum atomic E-state index is 12.4. The third kappa shape index (κ3) is 3.51. The van der Waals surface area contributed by atoms with Crippen LogP contribution in [-0.2, 0) is 0 Å². The molecule has 1 saturated heterocycles. The van der Waals surface area contributed by atoms with Crippen molar-refractivity contribution in [1.82, 2.24) is 14.8 Å². The number of aromatic nitrogens is 1. The van der Waals surface area contributed by atoms with E-state index >= 15 is 0 Å². The van der Waals surface area contributed by atoms with Gasteiger partial charge in [0, 0.05) is 56.7 Å². The maximum Gasteiger partial charge on any atom is 0.259 e. The zero-order valence-corrected chi connectivity index (χ0v) is 12.8. The van der Waals surface area contributed by atoms with Crippen LogP contribution in [0.4, 0.5) is 0 Å². The van der Waals surface area contributed by atoms with Crippen LogP contribution in [0.5, 0.6) is 0 Å². The third-order valence-corrected chi connectivity index (χ3v) is 4.15. The summed E-state index contributed by atoms with van der Waals surface area (Å²) in [7, 11) is 0. The van der Waals surface area contributed by atoms with Crippen molar-refractivity contribution in [2.45, 2.75) is 26.3 Å². The number of hydrogen-bond donors (Lipinski definition) is 2. The van der Waals surface area contributed by atoms with Crippen molar-refractivity contribution >= 4 is 5.91 Å². The van der Waals surface area contributed by atoms with Gasteiger partial charge in [0.2, 0.25) is 0 Å². The molecule has 0 aliphatic carbocycles. The molecule has 1 unspecified atom stereocenters. The van der Waals surface area contributed by atoms with Crippen LogP contribution in [-0.4, -0.2) is 59.5 Å². The molecule has 0 bridgehead atoms. The molecule has 21 heavy (non-hydrogen) atoms. The van der Waals surface area contributed by atoms with E-state index in [9.17, 15) is 9.59 Å². The van der Waals surface area contributed by atoms with Crippen molar-refractivity contribution < 1.29 is 4.79 Å². The monoisotopic (exact) mass is 292 g/mol. The van der Waals surface area contributed by atoms with Gasteiger partial charge in [-0.25, -0.2) is 0 Å². The summed E-state index contributed by atoms with van der Waals surface area (Å²) in [4.78, 5) is 31.3. The molecule has 1 fully saturated rings. The first-order valence-corrected chi connectivity index (χ1v) is 7.49. The van der Waals surface area contributed by atoms with Gasteiger partial charge in [-0.15, -0.1) is 0 Å². The number of amides is 1. The molecule has 2 heterocycles. The van der Waals surface area contributed by atoms with Crippen molar-refractivity contribution in [2.75, 3.05) is 32.7 Å². The first kappa shape index (κ1) is 15.7. The van der Waals surface area contributed by atoms with E-state index in [1.807, 2.05) is 0 Å². The topological polar surface area (TPSA) is 82.4 Å². The number of carbonyl (C=O) groups excluding carboxylic acids is 1. The quantitative estimate of drug-likeness (QED) is 0.829. The summed E-state index contributed by atoms with van der Waals surface area (Å²) < 4.78 is 0. The van der Waals surface area contributed by atoms with Crippen molar-refractivity contribution in [3.05, 3.63) is 33.7 Å². The second kappa shape index (κ2) is 6.87. The van der Waals surface area contributed by atoms with Crippen molar-refractivity contribution in [2.24, 2.45) is 5.73 Å². The Labute approximate surface area is 124 Å². The Morgan fingerprint density at radius 1 is 1.38 bits per heavy atom. The highest BCUT2D eigenvalue weighted by Gasteiger charge is 2.26. The van der Waals surface area contributed by atoms with Gasteiger partial charge in [0.05, 0.1) is 0 Å². The summed E-state index contributed by atoms with van der Waals surface area (Å²) >= 11 is 0. The van der Waals surface area contributed by atoms with Crippen LogP contribution >= 0.6 is 0 Å². The van der Waals surface area contributed by atoms with Gasteiger partial charge in [-0.3, -0.25) is 14.5 Å². The maximum absolute atomic E-state index is 12.4. The largest absolute Gasteiger partial charge is 0.364 e. The first-order chi connectivity index (χ1) is 10.1. The molecule has 6 heteroatoms. The summed E-state index contributed by atoms with van der Waals surface area (Å²) in [5.74, 6) is -0.184. The zero-order valence-electron chi connectivity index (χ0n) is 12.8. The predicted molar refractivity (Wildman–Crippen MR) is 82.4 cm³/mol. The standard InChI is InChI=1S/C15H24N4O2/c1-3-12(9-16)18-4-6-19(7-5-18)15(21)13-10-17-11(2)8-14(13)20/h8,10,12H,3-7,9,16H2,1-2H3,(H,17,20). The number of pyridine rings is 1. The van der Waals surface area contributed by atoms with Gasteiger partial charge in [-0.2, -0.15) is 0 Å². The van der Waals surface area contributed by atoms with E-state index in [1.54, 1.807) is 11.8 Å². The second-order valence-electron chi connectivity index (χ2n) is 5.52. The molecule has 1 aliphatic heterocycles. The molecule has 0 saturated carbocycles. The average molecular weight is 292 g/mol. The molecule has 1 atom stereocenters. The van der Waals surface area contributed by atoms with E-state index in [2.05, 4.69) is 16.8 Å². The van der Waals surface area contributed by atoms with Gasteiger partial charge in [0.15, 0.2) is 5.43 Å². The second-order valence-corrected chi connectivity index (χ2v) is 5.52. The normalized spacial score (nSPS) is 17.8. The van der Waals surface area contributed by atoms with E-state index < -0.39 is 0 Å². The van der Waals surface area contributed by atoms with Gasteiger partial charge in [0.25, 0.3) is 5.91 Å². The lowest BCUT2D eigenvalue weighted by atomic mass is 10.1. The number of aromatic amines is 1. The third-order valence-electron chi connectivity index (χ3n) is 4.15. The van der Waals surface area contributed by atoms with Crippen LogP contribution in [0, 0.1) is 6.92 Å². The smallest absolute Gasteiger partial charge is 0.259 e. The summed E-state index contributed by atoms with van der Waals surface area (Å²) in [6.45, 7) is 7.47. The minimum atomic E-state index is -0.216. The van der Waals surface area contributed by atoms with E-state index in [0.29, 0.717) is 25.7 Å². The fourth-order valence-electron chi connectivity index (χ4n) is 2.77. The number of nitrogens with one attached hydrogen (secondary N) is 1. The van der Waals surface area contributed by atoms with E-state index in [1.165, 1.54) is 12.3 Å². The van der Waals surface area contributed by atoms with Crippen LogP contribution < -0.4 is 11.2 Å². The number of H-pyrrole nitrogens is 1. The number of nitrogens with two attached hydrogens (primary N) is 1. The lowest BCUT2D eigenvalue weighted by Gasteiger charge is -2.38. The Morgan fingerprint density at radius 2 is 2.05 bits per heavy atom. The van der Waals surface area contributed by atoms with E-state index in [0.717, 1.165) is 25.2 Å². The van der Waals surface area contributed by atoms with Gasteiger partial charge in [-0.1, -0.05) is 6.92 Å². The van der Waals surface area contributed by atoms with Gasteiger partial charge < -0.3 is 15.6 Å². The summed E-state index contributed by atoms with van der Waals surface area (Å²) in [6, 6.07) is 1.84. The molecule has 3 N–H and O–H groups in total. The van der Waals surface area contributed by atoms with Gasteiger partial charge >= 0.3 is 0 Å². The molecule has 6 nitrogen and oxygen atoms in total. The molecule has 2 rings (SSSR count). The van der Waals surface area contributed by atoms with Crippen LogP contribution in [0.1, 0.15) is 29.4 Å². The molecule has 0 aromatic carbocycles. The number of nitrogens with zero attached hydrogens (tertiary/aromatic N) is 2. The van der Waals surface area contributed by atoms with Gasteiger partial charge in [0.1, 0.15) is 5.56 Å². The Bertz CT molecular complexity index is 543.